The molecule has 0 atom stereocenters. The van der Waals surface area contributed by atoms with Crippen LogP contribution < -0.4 is 0 Å². The molecular weight excluding hydrogens is 290 g/mol. The quantitative estimate of drug-likeness (QED) is 0.347. The molecule has 0 rings (SSSR count). The van der Waals surface area contributed by atoms with Crippen molar-refractivity contribution in [3.8, 4) is 0 Å². The second kappa shape index (κ2) is 14.7. The smallest absolute Gasteiger partial charge is 0.307 e. The highest BCUT2D eigenvalue weighted by atomic mass is 16.6. The van der Waals surface area contributed by atoms with E-state index in [-0.39, 0.29) is 25.2 Å². The van der Waals surface area contributed by atoms with Crippen molar-refractivity contribution in [3.63, 3.8) is 0 Å². The van der Waals surface area contributed by atoms with Crippen LogP contribution in [0.4, 0.5) is 0 Å². The van der Waals surface area contributed by atoms with Gasteiger partial charge in [-0.3, -0.25) is 14.5 Å². The molecule has 0 aromatic heterocycles. The molecule has 0 saturated carbocycles. The van der Waals surface area contributed by atoms with Gasteiger partial charge in [0.15, 0.2) is 0 Å². The minimum absolute atomic E-state index is 0.0936. The Bertz CT molecular complexity index is 288. The van der Waals surface area contributed by atoms with E-state index < -0.39 is 0 Å². The standard InChI is InChI=1S/C15H29NO6/c1-4-19-10-8-16(9-11-20-5-2)7-6-15(18)22-13-12-21-14(3)17/h4-13H2,1-3H3. The van der Waals surface area contributed by atoms with E-state index >= 15 is 0 Å². The minimum atomic E-state index is -0.380. The summed E-state index contributed by atoms with van der Waals surface area (Å²) in [5.41, 5.74) is 0. The van der Waals surface area contributed by atoms with Gasteiger partial charge in [-0.05, 0) is 13.8 Å². The van der Waals surface area contributed by atoms with Crippen molar-refractivity contribution >= 4 is 11.9 Å². The summed E-state index contributed by atoms with van der Waals surface area (Å²) in [6.45, 7) is 10.1. The lowest BCUT2D eigenvalue weighted by Crippen LogP contribution is -2.33. The van der Waals surface area contributed by atoms with Crippen molar-refractivity contribution in [2.75, 3.05) is 59.3 Å². The lowest BCUT2D eigenvalue weighted by molar-refractivity contribution is -0.151. The van der Waals surface area contributed by atoms with Crippen LogP contribution in [0.15, 0.2) is 0 Å². The lowest BCUT2D eigenvalue weighted by atomic mass is 10.3. The zero-order chi connectivity index (χ0) is 16.6. The normalized spacial score (nSPS) is 10.7. The van der Waals surface area contributed by atoms with Gasteiger partial charge in [0.25, 0.3) is 0 Å². The molecule has 22 heavy (non-hydrogen) atoms. The largest absolute Gasteiger partial charge is 0.462 e. The first kappa shape index (κ1) is 20.8. The van der Waals surface area contributed by atoms with Crippen LogP contribution in [0.1, 0.15) is 27.2 Å². The summed E-state index contributed by atoms with van der Waals surface area (Å²) < 4.78 is 20.3. The molecule has 0 aliphatic carbocycles. The molecule has 0 spiro atoms. The number of hydrogen-bond donors (Lipinski definition) is 0. The molecule has 7 heteroatoms. The Morgan fingerprint density at radius 3 is 1.86 bits per heavy atom. The fourth-order valence-corrected chi connectivity index (χ4v) is 1.67. The summed E-state index contributed by atoms with van der Waals surface area (Å²) in [4.78, 5) is 24.3. The fraction of sp³-hybridized carbons (Fsp3) is 0.867. The predicted molar refractivity (Wildman–Crippen MR) is 81.6 cm³/mol. The van der Waals surface area contributed by atoms with E-state index in [0.717, 1.165) is 13.1 Å². The molecule has 0 amide bonds. The third-order valence-electron chi connectivity index (χ3n) is 2.80. The summed E-state index contributed by atoms with van der Waals surface area (Å²) in [5.74, 6) is -0.681. The SMILES string of the molecule is CCOCCN(CCOCC)CCC(=O)OCCOC(C)=O. The van der Waals surface area contributed by atoms with Gasteiger partial charge in [-0.2, -0.15) is 0 Å². The van der Waals surface area contributed by atoms with Gasteiger partial charge >= 0.3 is 11.9 Å². The summed E-state index contributed by atoms with van der Waals surface area (Å²) in [6.07, 6.45) is 0.290. The number of hydrogen-bond acceptors (Lipinski definition) is 7. The Balaban J connectivity index is 3.86. The van der Waals surface area contributed by atoms with Crippen LogP contribution in [0.25, 0.3) is 0 Å². The molecule has 0 aromatic carbocycles. The van der Waals surface area contributed by atoms with Crippen LogP contribution >= 0.6 is 0 Å². The van der Waals surface area contributed by atoms with Crippen LogP contribution in [-0.4, -0.2) is 76.1 Å². The third kappa shape index (κ3) is 13.8. The Hall–Kier alpha value is -1.18. The van der Waals surface area contributed by atoms with Crippen molar-refractivity contribution in [1.29, 1.82) is 0 Å². The van der Waals surface area contributed by atoms with Crippen LogP contribution in [0, 0.1) is 0 Å². The molecule has 0 aromatic rings. The molecule has 0 unspecified atom stereocenters. The molecule has 0 aliphatic heterocycles. The maximum Gasteiger partial charge on any atom is 0.307 e. The molecular formula is C15H29NO6. The van der Waals surface area contributed by atoms with E-state index in [4.69, 9.17) is 14.2 Å². The van der Waals surface area contributed by atoms with Gasteiger partial charge in [-0.1, -0.05) is 0 Å². The highest BCUT2D eigenvalue weighted by Crippen LogP contribution is 1.96. The second-order valence-corrected chi connectivity index (χ2v) is 4.55. The van der Waals surface area contributed by atoms with E-state index in [1.807, 2.05) is 13.8 Å². The van der Waals surface area contributed by atoms with Crippen LogP contribution in [-0.2, 0) is 28.5 Å². The third-order valence-corrected chi connectivity index (χ3v) is 2.80. The number of esters is 2. The first-order chi connectivity index (χ1) is 10.6. The molecule has 0 fully saturated rings. The van der Waals surface area contributed by atoms with Crippen molar-refractivity contribution in [2.45, 2.75) is 27.2 Å². The van der Waals surface area contributed by atoms with Crippen LogP contribution in [0.2, 0.25) is 0 Å². The van der Waals surface area contributed by atoms with E-state index in [1.54, 1.807) is 0 Å². The average Bonchev–Trinajstić information content (AvgIpc) is 2.49. The van der Waals surface area contributed by atoms with E-state index in [0.29, 0.717) is 39.4 Å². The highest BCUT2D eigenvalue weighted by molar-refractivity contribution is 5.69. The summed E-state index contributed by atoms with van der Waals surface area (Å²) in [7, 11) is 0. The van der Waals surface area contributed by atoms with Crippen molar-refractivity contribution in [1.82, 2.24) is 4.90 Å². The average molecular weight is 319 g/mol. The van der Waals surface area contributed by atoms with Crippen LogP contribution in [0.3, 0.4) is 0 Å². The van der Waals surface area contributed by atoms with Crippen molar-refractivity contribution in [3.05, 3.63) is 0 Å². The van der Waals surface area contributed by atoms with Crippen LogP contribution in [0.5, 0.6) is 0 Å². The minimum Gasteiger partial charge on any atom is -0.462 e. The highest BCUT2D eigenvalue weighted by Gasteiger charge is 2.09. The van der Waals surface area contributed by atoms with Crippen molar-refractivity contribution in [2.24, 2.45) is 0 Å². The van der Waals surface area contributed by atoms with Gasteiger partial charge in [0, 0.05) is 39.8 Å². The van der Waals surface area contributed by atoms with Gasteiger partial charge in [-0.15, -0.1) is 0 Å². The molecule has 0 heterocycles. The number of nitrogens with zero attached hydrogens (tertiary/aromatic N) is 1. The molecule has 0 aliphatic rings. The van der Waals surface area contributed by atoms with E-state index in [9.17, 15) is 9.59 Å². The monoisotopic (exact) mass is 319 g/mol. The zero-order valence-corrected chi connectivity index (χ0v) is 14.0. The molecule has 7 nitrogen and oxygen atoms in total. The fourth-order valence-electron chi connectivity index (χ4n) is 1.67. The Kier molecular flexibility index (Phi) is 14.0. The lowest BCUT2D eigenvalue weighted by Gasteiger charge is -2.21. The topological polar surface area (TPSA) is 74.3 Å². The summed E-state index contributed by atoms with van der Waals surface area (Å²) >= 11 is 0. The van der Waals surface area contributed by atoms with Gasteiger partial charge in [0.2, 0.25) is 0 Å². The Morgan fingerprint density at radius 2 is 1.36 bits per heavy atom. The van der Waals surface area contributed by atoms with E-state index in [2.05, 4.69) is 9.64 Å². The van der Waals surface area contributed by atoms with E-state index in [1.165, 1.54) is 6.92 Å². The molecule has 130 valence electrons. The summed E-state index contributed by atoms with van der Waals surface area (Å²) in [5, 5.41) is 0. The maximum atomic E-state index is 11.6. The Morgan fingerprint density at radius 1 is 0.818 bits per heavy atom. The molecule has 0 saturated heterocycles. The van der Waals surface area contributed by atoms with Gasteiger partial charge in [0.1, 0.15) is 13.2 Å². The number of carbonyl (C=O) groups excluding carboxylic acids is 2. The first-order valence-electron chi connectivity index (χ1n) is 7.76. The summed E-state index contributed by atoms with van der Waals surface area (Å²) in [6, 6.07) is 0. The number of rotatable bonds is 14. The van der Waals surface area contributed by atoms with Gasteiger partial charge in [0.05, 0.1) is 19.6 Å². The van der Waals surface area contributed by atoms with Crippen molar-refractivity contribution < 1.29 is 28.5 Å². The van der Waals surface area contributed by atoms with Gasteiger partial charge in [-0.25, -0.2) is 0 Å². The first-order valence-corrected chi connectivity index (χ1v) is 7.76. The maximum absolute atomic E-state index is 11.6. The Labute approximate surface area is 132 Å². The molecule has 0 N–H and O–H groups in total. The zero-order valence-electron chi connectivity index (χ0n) is 14.0. The number of ether oxygens (including phenoxy) is 4. The van der Waals surface area contributed by atoms with Gasteiger partial charge < -0.3 is 18.9 Å². The predicted octanol–water partition coefficient (Wildman–Crippen LogP) is 0.858. The second-order valence-electron chi connectivity index (χ2n) is 4.55. The molecule has 0 radical (unpaired) electrons. The molecule has 0 bridgehead atoms. The number of carbonyl (C=O) groups is 2.